The molecular weight excluding hydrogens is 393 g/mol. The van der Waals surface area contributed by atoms with Crippen LogP contribution in [0.15, 0.2) is 0 Å². The summed E-state index contributed by atoms with van der Waals surface area (Å²) < 4.78 is 76.7. The molecule has 0 radical (unpaired) electrons. The summed E-state index contributed by atoms with van der Waals surface area (Å²) in [5, 5.41) is -0.909. The van der Waals surface area contributed by atoms with Gasteiger partial charge in [-0.2, -0.15) is 13.2 Å². The zero-order valence-electron chi connectivity index (χ0n) is 17.5. The molecule has 0 heterocycles. The van der Waals surface area contributed by atoms with Crippen molar-refractivity contribution in [2.75, 3.05) is 0 Å². The highest BCUT2D eigenvalue weighted by molar-refractivity contribution is 8.18. The number of halogens is 3. The van der Waals surface area contributed by atoms with Gasteiger partial charge in [-0.25, -0.2) is 8.42 Å². The minimum Gasteiger partial charge on any atom is -0.291 e. The van der Waals surface area contributed by atoms with E-state index in [4.69, 9.17) is 0 Å². The second-order valence-electron chi connectivity index (χ2n) is 7.96. The molecule has 0 aromatic rings. The molecule has 0 saturated heterocycles. The normalized spacial score (nSPS) is 15.7. The van der Waals surface area contributed by atoms with Gasteiger partial charge in [0.25, 0.3) is 0 Å². The van der Waals surface area contributed by atoms with E-state index in [1.54, 1.807) is 0 Å². The van der Waals surface area contributed by atoms with Crippen molar-refractivity contribution in [2.24, 2.45) is 0 Å². The second-order valence-corrected chi connectivity index (χ2v) is 16.7. The third-order valence-corrected chi connectivity index (χ3v) is 17.0. The largest absolute Gasteiger partial charge is 0.387 e. The Balaban J connectivity index is 6.62. The number of rotatable bonds is 15. The lowest BCUT2D eigenvalue weighted by Crippen LogP contribution is -2.57. The van der Waals surface area contributed by atoms with Gasteiger partial charge in [0.2, 0.25) is 16.8 Å². The molecule has 164 valence electrons. The van der Waals surface area contributed by atoms with Crippen LogP contribution in [-0.4, -0.2) is 26.4 Å². The summed E-state index contributed by atoms with van der Waals surface area (Å²) >= 11 is 0. The summed E-state index contributed by atoms with van der Waals surface area (Å²) in [5.74, 6) is 0. The SMILES string of the molecule is CCCCC(CCCC)(CCCC)[Si](CCCC)(CC(F)(F)F)S(=O)(=O)O. The van der Waals surface area contributed by atoms with Crippen molar-refractivity contribution in [1.82, 2.24) is 0 Å². The molecule has 0 rings (SSSR count). The first kappa shape index (κ1) is 26.9. The van der Waals surface area contributed by atoms with E-state index in [9.17, 15) is 26.1 Å². The molecule has 0 saturated carbocycles. The smallest absolute Gasteiger partial charge is 0.291 e. The van der Waals surface area contributed by atoms with E-state index in [1.165, 1.54) is 0 Å². The molecule has 0 aromatic carbocycles. The van der Waals surface area contributed by atoms with Gasteiger partial charge in [-0.05, 0) is 30.3 Å². The molecule has 3 nitrogen and oxygen atoms in total. The summed E-state index contributed by atoms with van der Waals surface area (Å²) in [6.07, 6.45) is 2.33. The van der Waals surface area contributed by atoms with Gasteiger partial charge in [0.1, 0.15) is 0 Å². The van der Waals surface area contributed by atoms with Gasteiger partial charge in [0.15, 0.2) is 0 Å². The summed E-state index contributed by atoms with van der Waals surface area (Å²) in [6.45, 7) is 7.76. The first-order valence-corrected chi connectivity index (χ1v) is 15.1. The molecule has 1 atom stereocenters. The zero-order valence-corrected chi connectivity index (χ0v) is 19.3. The van der Waals surface area contributed by atoms with Crippen LogP contribution in [0.2, 0.25) is 17.1 Å². The predicted octanol–water partition coefficient (Wildman–Crippen LogP) is 7.49. The van der Waals surface area contributed by atoms with Crippen LogP contribution < -0.4 is 0 Å². The fourth-order valence-electron chi connectivity index (χ4n) is 4.42. The van der Waals surface area contributed by atoms with Crippen LogP contribution in [0, 0.1) is 0 Å². The van der Waals surface area contributed by atoms with E-state index < -0.39 is 34.0 Å². The number of alkyl halides is 3. The molecule has 27 heavy (non-hydrogen) atoms. The Kier molecular flexibility index (Phi) is 11.8. The summed E-state index contributed by atoms with van der Waals surface area (Å²) in [7, 11) is -8.90. The van der Waals surface area contributed by atoms with Gasteiger partial charge in [-0.3, -0.25) is 4.55 Å². The lowest BCUT2D eigenvalue weighted by molar-refractivity contribution is -0.111. The standard InChI is InChI=1S/C19H39F3O3SSi/c1-5-9-13-18(14-10-6-2,15-11-7-3)27(16-12-8-4,26(23,24)25)17-19(20,21)22/h5-17H2,1-4H3,(H,23,24,25). The van der Waals surface area contributed by atoms with Crippen molar-refractivity contribution < 1.29 is 26.1 Å². The highest BCUT2D eigenvalue weighted by Gasteiger charge is 2.64. The second kappa shape index (κ2) is 11.8. The molecule has 0 aromatic heterocycles. The molecule has 0 fully saturated rings. The van der Waals surface area contributed by atoms with E-state index in [2.05, 4.69) is 0 Å². The average Bonchev–Trinajstić information content (AvgIpc) is 2.56. The van der Waals surface area contributed by atoms with Crippen molar-refractivity contribution in [3.63, 3.8) is 0 Å². The molecule has 0 aliphatic heterocycles. The Labute approximate surface area is 164 Å². The Morgan fingerprint density at radius 1 is 0.778 bits per heavy atom. The van der Waals surface area contributed by atoms with Gasteiger partial charge < -0.3 is 0 Å². The minimum atomic E-state index is -4.76. The minimum absolute atomic E-state index is 0.00101. The van der Waals surface area contributed by atoms with E-state index in [1.807, 2.05) is 27.7 Å². The summed E-state index contributed by atoms with van der Waals surface area (Å²) in [4.78, 5) is 0. The fraction of sp³-hybridized carbons (Fsp3) is 1.00. The first-order chi connectivity index (χ1) is 12.4. The van der Waals surface area contributed by atoms with E-state index in [0.717, 1.165) is 19.3 Å². The highest BCUT2D eigenvalue weighted by atomic mass is 32.4. The summed E-state index contributed by atoms with van der Waals surface area (Å²) in [6, 6.07) is -1.32. The molecule has 0 spiro atoms. The third kappa shape index (κ3) is 7.69. The van der Waals surface area contributed by atoms with Crippen LogP contribution in [0.1, 0.15) is 98.3 Å². The molecule has 8 heteroatoms. The molecular formula is C19H39F3O3SSi. The van der Waals surface area contributed by atoms with Crippen LogP contribution in [0.5, 0.6) is 0 Å². The summed E-state index contributed by atoms with van der Waals surface area (Å²) in [5.41, 5.74) is 0. The van der Waals surface area contributed by atoms with Crippen LogP contribution in [0.3, 0.4) is 0 Å². The van der Waals surface area contributed by atoms with Crippen molar-refractivity contribution in [2.45, 2.75) is 122 Å². The zero-order chi connectivity index (χ0) is 21.2. The molecule has 0 amide bonds. The maximum Gasteiger partial charge on any atom is 0.387 e. The van der Waals surface area contributed by atoms with Crippen molar-refractivity contribution in [3.05, 3.63) is 0 Å². The Hall–Kier alpha value is -0.0831. The van der Waals surface area contributed by atoms with Crippen LogP contribution >= 0.6 is 0 Å². The van der Waals surface area contributed by atoms with Crippen LogP contribution in [-0.2, 0) is 9.57 Å². The van der Waals surface area contributed by atoms with Crippen molar-refractivity contribution >= 4 is 16.8 Å². The van der Waals surface area contributed by atoms with Gasteiger partial charge in [-0.15, -0.1) is 0 Å². The predicted molar refractivity (Wildman–Crippen MR) is 109 cm³/mol. The number of hydrogen-bond donors (Lipinski definition) is 1. The molecule has 0 aliphatic rings. The van der Waals surface area contributed by atoms with Gasteiger partial charge >= 0.3 is 6.18 Å². The Bertz CT molecular complexity index is 487. The number of hydrogen-bond acceptors (Lipinski definition) is 2. The van der Waals surface area contributed by atoms with Gasteiger partial charge in [0, 0.05) is 0 Å². The number of unbranched alkanes of at least 4 members (excludes halogenated alkanes) is 4. The molecule has 1 N–H and O–H groups in total. The lowest BCUT2D eigenvalue weighted by atomic mass is 9.89. The molecule has 1 unspecified atom stereocenters. The first-order valence-electron chi connectivity index (χ1n) is 10.5. The monoisotopic (exact) mass is 432 g/mol. The van der Waals surface area contributed by atoms with Crippen molar-refractivity contribution in [3.8, 4) is 0 Å². The fourth-order valence-corrected chi connectivity index (χ4v) is 14.8. The lowest BCUT2D eigenvalue weighted by Gasteiger charge is -2.48. The Morgan fingerprint density at radius 2 is 1.15 bits per heavy atom. The molecule has 0 aliphatic carbocycles. The van der Waals surface area contributed by atoms with Crippen LogP contribution in [0.25, 0.3) is 0 Å². The topological polar surface area (TPSA) is 54.4 Å². The average molecular weight is 433 g/mol. The molecule has 0 bridgehead atoms. The maximum absolute atomic E-state index is 13.7. The van der Waals surface area contributed by atoms with Crippen LogP contribution in [0.4, 0.5) is 13.2 Å². The third-order valence-electron chi connectivity index (χ3n) is 5.91. The van der Waals surface area contributed by atoms with Gasteiger partial charge in [-0.1, -0.05) is 79.1 Å². The quantitative estimate of drug-likeness (QED) is 0.215. The Morgan fingerprint density at radius 3 is 1.41 bits per heavy atom. The van der Waals surface area contributed by atoms with Gasteiger partial charge in [0.05, 0.1) is 6.04 Å². The van der Waals surface area contributed by atoms with E-state index in [0.29, 0.717) is 51.4 Å². The maximum atomic E-state index is 13.7. The van der Waals surface area contributed by atoms with Crippen molar-refractivity contribution in [1.29, 1.82) is 0 Å². The van der Waals surface area contributed by atoms with E-state index in [-0.39, 0.29) is 6.04 Å². The highest BCUT2D eigenvalue weighted by Crippen LogP contribution is 2.59. The van der Waals surface area contributed by atoms with E-state index >= 15 is 0 Å².